The van der Waals surface area contributed by atoms with Crippen LogP contribution in [0.25, 0.3) is 0 Å². The van der Waals surface area contributed by atoms with Crippen molar-refractivity contribution in [3.05, 3.63) is 94.5 Å². The molecule has 0 spiro atoms. The van der Waals surface area contributed by atoms with Gasteiger partial charge in [0.1, 0.15) is 6.54 Å². The number of hydrogen-bond donors (Lipinski definition) is 1. The van der Waals surface area contributed by atoms with Gasteiger partial charge in [-0.2, -0.15) is 0 Å². The first-order chi connectivity index (χ1) is 14.0. The summed E-state index contributed by atoms with van der Waals surface area (Å²) < 4.78 is 0. The fourth-order valence-corrected chi connectivity index (χ4v) is 3.58. The summed E-state index contributed by atoms with van der Waals surface area (Å²) in [5.41, 5.74) is 9.67. The standard InChI is InChI=1S/C23H20ClN3O2/c24-19-9-7-17(8-10-19)23(29)26-14-18-3-1-2-4-21(18)27(22(28)15-26)13-16-5-11-20(25)12-6-16/h1-12H,13-15,25H2. The van der Waals surface area contributed by atoms with E-state index in [4.69, 9.17) is 17.3 Å². The first-order valence-electron chi connectivity index (χ1n) is 9.29. The van der Waals surface area contributed by atoms with Gasteiger partial charge in [0.2, 0.25) is 5.91 Å². The molecule has 0 atom stereocenters. The fourth-order valence-electron chi connectivity index (χ4n) is 3.45. The number of nitrogen functional groups attached to an aromatic ring is 1. The zero-order valence-corrected chi connectivity index (χ0v) is 16.5. The third kappa shape index (κ3) is 4.10. The summed E-state index contributed by atoms with van der Waals surface area (Å²) in [6, 6.07) is 21.9. The van der Waals surface area contributed by atoms with E-state index < -0.39 is 0 Å². The van der Waals surface area contributed by atoms with E-state index in [1.165, 1.54) is 0 Å². The van der Waals surface area contributed by atoms with E-state index in [9.17, 15) is 9.59 Å². The minimum Gasteiger partial charge on any atom is -0.399 e. The van der Waals surface area contributed by atoms with Gasteiger partial charge in [-0.3, -0.25) is 9.59 Å². The number of halogens is 1. The quantitative estimate of drug-likeness (QED) is 0.667. The topological polar surface area (TPSA) is 66.6 Å². The number of rotatable bonds is 3. The zero-order valence-electron chi connectivity index (χ0n) is 15.7. The first kappa shape index (κ1) is 19.0. The summed E-state index contributed by atoms with van der Waals surface area (Å²) in [5, 5.41) is 0.563. The molecule has 5 nitrogen and oxygen atoms in total. The molecule has 0 radical (unpaired) electrons. The van der Waals surface area contributed by atoms with Crippen LogP contribution in [-0.2, 0) is 17.9 Å². The van der Waals surface area contributed by atoms with Crippen molar-refractivity contribution in [3.8, 4) is 0 Å². The Kier molecular flexibility index (Phi) is 5.23. The molecule has 1 aliphatic heterocycles. The molecule has 0 aliphatic carbocycles. The van der Waals surface area contributed by atoms with E-state index in [1.807, 2.05) is 48.5 Å². The van der Waals surface area contributed by atoms with Crippen LogP contribution in [0.2, 0.25) is 5.02 Å². The van der Waals surface area contributed by atoms with Crippen LogP contribution in [0.1, 0.15) is 21.5 Å². The summed E-state index contributed by atoms with van der Waals surface area (Å²) in [4.78, 5) is 29.5. The van der Waals surface area contributed by atoms with Crippen LogP contribution >= 0.6 is 11.6 Å². The molecule has 0 saturated heterocycles. The Morgan fingerprint density at radius 2 is 1.62 bits per heavy atom. The van der Waals surface area contributed by atoms with Gasteiger partial charge in [0.05, 0.1) is 6.54 Å². The average molecular weight is 406 g/mol. The Balaban J connectivity index is 1.65. The fraction of sp³-hybridized carbons (Fsp3) is 0.130. The van der Waals surface area contributed by atoms with Gasteiger partial charge >= 0.3 is 0 Å². The highest BCUT2D eigenvalue weighted by Gasteiger charge is 2.29. The summed E-state index contributed by atoms with van der Waals surface area (Å²) in [7, 11) is 0. The predicted octanol–water partition coefficient (Wildman–Crippen LogP) is 4.11. The normalized spacial score (nSPS) is 13.8. The Morgan fingerprint density at radius 3 is 2.34 bits per heavy atom. The van der Waals surface area contributed by atoms with Gasteiger partial charge in [-0.05, 0) is 53.6 Å². The van der Waals surface area contributed by atoms with E-state index in [1.54, 1.807) is 34.1 Å². The summed E-state index contributed by atoms with van der Waals surface area (Å²) >= 11 is 5.93. The van der Waals surface area contributed by atoms with Gasteiger partial charge < -0.3 is 15.5 Å². The summed E-state index contributed by atoms with van der Waals surface area (Å²) in [5.74, 6) is -0.326. The van der Waals surface area contributed by atoms with Crippen molar-refractivity contribution in [1.29, 1.82) is 0 Å². The molecule has 0 bridgehead atoms. The van der Waals surface area contributed by atoms with Gasteiger partial charge in [-0.15, -0.1) is 0 Å². The number of para-hydroxylation sites is 1. The minimum absolute atomic E-state index is 0.00507. The highest BCUT2D eigenvalue weighted by atomic mass is 35.5. The number of nitrogens with zero attached hydrogens (tertiary/aromatic N) is 2. The SMILES string of the molecule is Nc1ccc(CN2C(=O)CN(C(=O)c3ccc(Cl)cc3)Cc3ccccc32)cc1. The second-order valence-electron chi connectivity index (χ2n) is 7.02. The van der Waals surface area contributed by atoms with E-state index in [0.717, 1.165) is 16.8 Å². The molecular formula is C23H20ClN3O2. The maximum absolute atomic E-state index is 13.1. The number of nitrogens with two attached hydrogens (primary N) is 1. The van der Waals surface area contributed by atoms with E-state index in [0.29, 0.717) is 29.4 Å². The van der Waals surface area contributed by atoms with E-state index >= 15 is 0 Å². The third-order valence-electron chi connectivity index (χ3n) is 4.97. The number of carbonyl (C=O) groups excluding carboxylic acids is 2. The molecule has 0 saturated carbocycles. The number of anilines is 2. The molecule has 3 aromatic rings. The summed E-state index contributed by atoms with van der Waals surface area (Å²) in [6.45, 7) is 0.784. The third-order valence-corrected chi connectivity index (χ3v) is 5.22. The number of hydrogen-bond acceptors (Lipinski definition) is 3. The van der Waals surface area contributed by atoms with Crippen LogP contribution in [0.3, 0.4) is 0 Å². The smallest absolute Gasteiger partial charge is 0.254 e. The molecule has 1 aliphatic rings. The van der Waals surface area contributed by atoms with Crippen molar-refractivity contribution >= 4 is 34.8 Å². The second-order valence-corrected chi connectivity index (χ2v) is 7.45. The van der Waals surface area contributed by atoms with Crippen LogP contribution in [0.5, 0.6) is 0 Å². The van der Waals surface area contributed by atoms with Crippen molar-refractivity contribution in [2.45, 2.75) is 13.1 Å². The second kappa shape index (κ2) is 7.97. The minimum atomic E-state index is -0.195. The van der Waals surface area contributed by atoms with Gasteiger partial charge in [0.25, 0.3) is 5.91 Å². The molecule has 0 unspecified atom stereocenters. The highest BCUT2D eigenvalue weighted by Crippen LogP contribution is 2.28. The van der Waals surface area contributed by atoms with Gasteiger partial charge in [0, 0.05) is 28.5 Å². The van der Waals surface area contributed by atoms with Crippen molar-refractivity contribution in [2.75, 3.05) is 17.2 Å². The van der Waals surface area contributed by atoms with Crippen molar-refractivity contribution in [3.63, 3.8) is 0 Å². The molecule has 1 heterocycles. The lowest BCUT2D eigenvalue weighted by Crippen LogP contribution is -2.39. The average Bonchev–Trinajstić information content (AvgIpc) is 2.86. The van der Waals surface area contributed by atoms with E-state index in [2.05, 4.69) is 0 Å². The van der Waals surface area contributed by atoms with Crippen LogP contribution in [0, 0.1) is 0 Å². The van der Waals surface area contributed by atoms with Crippen molar-refractivity contribution in [2.24, 2.45) is 0 Å². The number of fused-ring (bicyclic) bond motifs is 1. The molecule has 2 amide bonds. The molecule has 146 valence electrons. The highest BCUT2D eigenvalue weighted by molar-refractivity contribution is 6.30. The molecule has 0 aromatic heterocycles. The molecular weight excluding hydrogens is 386 g/mol. The molecule has 3 aromatic carbocycles. The first-order valence-corrected chi connectivity index (χ1v) is 9.66. The molecule has 6 heteroatoms. The van der Waals surface area contributed by atoms with E-state index in [-0.39, 0.29) is 18.4 Å². The molecule has 29 heavy (non-hydrogen) atoms. The summed E-state index contributed by atoms with van der Waals surface area (Å²) in [6.07, 6.45) is 0. The lowest BCUT2D eigenvalue weighted by Gasteiger charge is -2.23. The Bertz CT molecular complexity index is 1050. The zero-order chi connectivity index (χ0) is 20.4. The van der Waals surface area contributed by atoms with Crippen LogP contribution < -0.4 is 10.6 Å². The maximum Gasteiger partial charge on any atom is 0.254 e. The monoisotopic (exact) mass is 405 g/mol. The maximum atomic E-state index is 13.1. The van der Waals surface area contributed by atoms with Crippen molar-refractivity contribution in [1.82, 2.24) is 4.90 Å². The Hall–Kier alpha value is -3.31. The van der Waals surface area contributed by atoms with Gasteiger partial charge in [0.15, 0.2) is 0 Å². The Morgan fingerprint density at radius 1 is 0.931 bits per heavy atom. The number of amides is 2. The largest absolute Gasteiger partial charge is 0.399 e. The number of carbonyl (C=O) groups is 2. The lowest BCUT2D eigenvalue weighted by molar-refractivity contribution is -0.119. The molecule has 4 rings (SSSR count). The van der Waals surface area contributed by atoms with Crippen LogP contribution in [0.15, 0.2) is 72.8 Å². The van der Waals surface area contributed by atoms with Crippen LogP contribution in [-0.4, -0.2) is 23.3 Å². The molecule has 0 fully saturated rings. The Labute approximate surface area is 174 Å². The van der Waals surface area contributed by atoms with Gasteiger partial charge in [-0.25, -0.2) is 0 Å². The van der Waals surface area contributed by atoms with Crippen molar-refractivity contribution < 1.29 is 9.59 Å². The number of benzene rings is 3. The lowest BCUT2D eigenvalue weighted by atomic mass is 10.1. The molecule has 2 N–H and O–H groups in total. The van der Waals surface area contributed by atoms with Gasteiger partial charge in [-0.1, -0.05) is 41.9 Å². The van der Waals surface area contributed by atoms with Crippen LogP contribution in [0.4, 0.5) is 11.4 Å². The predicted molar refractivity (Wildman–Crippen MR) is 115 cm³/mol.